The van der Waals surface area contributed by atoms with Crippen molar-refractivity contribution < 1.29 is 15.0 Å². The number of phenolic OH excluding ortho intramolecular Hbond substituents is 2. The van der Waals surface area contributed by atoms with Crippen molar-refractivity contribution in [3.63, 3.8) is 0 Å². The Hall–Kier alpha value is -3.77. The Labute approximate surface area is 196 Å². The number of hydrogen-bond acceptors (Lipinski definition) is 4. The molecule has 0 unspecified atom stereocenters. The van der Waals surface area contributed by atoms with E-state index in [1.54, 1.807) is 35.2 Å². The molecule has 0 saturated carbocycles. The van der Waals surface area contributed by atoms with Crippen LogP contribution in [0.25, 0.3) is 11.3 Å². The standard InChI is InChI=1S/C26H22ClN3O3/c1-14-6-8-16(9-7-14)13-30-25(17-4-3-5-18(31)11-17)22-23(28-29-24(22)26(30)33)19-12-20(27)15(2)10-21(19)32/h3-12,25,31-32H,13H2,1-2H3,(H,28,29)/t25-/m0/s1. The molecule has 166 valence electrons. The third-order valence-electron chi connectivity index (χ3n) is 6.06. The highest BCUT2D eigenvalue weighted by atomic mass is 35.5. The molecular formula is C26H22ClN3O3. The average molecular weight is 460 g/mol. The lowest BCUT2D eigenvalue weighted by Gasteiger charge is -2.27. The van der Waals surface area contributed by atoms with Crippen molar-refractivity contribution >= 4 is 17.5 Å². The quantitative estimate of drug-likeness (QED) is 0.375. The summed E-state index contributed by atoms with van der Waals surface area (Å²) in [7, 11) is 0. The number of H-pyrrole nitrogens is 1. The van der Waals surface area contributed by atoms with Gasteiger partial charge in [0.2, 0.25) is 0 Å². The van der Waals surface area contributed by atoms with E-state index in [0.29, 0.717) is 34.1 Å². The van der Waals surface area contributed by atoms with Crippen molar-refractivity contribution in [3.05, 3.63) is 99.2 Å². The molecule has 1 amide bonds. The monoisotopic (exact) mass is 459 g/mol. The van der Waals surface area contributed by atoms with E-state index in [1.807, 2.05) is 44.2 Å². The summed E-state index contributed by atoms with van der Waals surface area (Å²) >= 11 is 6.35. The predicted molar refractivity (Wildman–Crippen MR) is 126 cm³/mol. The molecule has 1 atom stereocenters. The van der Waals surface area contributed by atoms with Gasteiger partial charge in [-0.1, -0.05) is 53.6 Å². The molecule has 0 saturated heterocycles. The second-order valence-electron chi connectivity index (χ2n) is 8.40. The molecule has 1 aromatic heterocycles. The number of carbonyl (C=O) groups excluding carboxylic acids is 1. The molecule has 0 aliphatic carbocycles. The van der Waals surface area contributed by atoms with Gasteiger partial charge < -0.3 is 15.1 Å². The van der Waals surface area contributed by atoms with E-state index in [1.165, 1.54) is 0 Å². The van der Waals surface area contributed by atoms with Crippen LogP contribution in [0.4, 0.5) is 0 Å². The fourth-order valence-electron chi connectivity index (χ4n) is 4.35. The first-order valence-electron chi connectivity index (χ1n) is 10.6. The van der Waals surface area contributed by atoms with Crippen LogP contribution in [0.1, 0.15) is 44.3 Å². The topological polar surface area (TPSA) is 89.5 Å². The zero-order chi connectivity index (χ0) is 23.3. The van der Waals surface area contributed by atoms with Crippen molar-refractivity contribution in [2.75, 3.05) is 0 Å². The fourth-order valence-corrected chi connectivity index (χ4v) is 4.52. The molecule has 3 aromatic carbocycles. The van der Waals surface area contributed by atoms with E-state index < -0.39 is 6.04 Å². The summed E-state index contributed by atoms with van der Waals surface area (Å²) in [6.07, 6.45) is 0. The molecular weight excluding hydrogens is 438 g/mol. The Balaban J connectivity index is 1.68. The summed E-state index contributed by atoms with van der Waals surface area (Å²) in [5, 5.41) is 28.6. The average Bonchev–Trinajstić information content (AvgIpc) is 3.32. The first kappa shape index (κ1) is 21.1. The molecule has 1 aliphatic heterocycles. The molecule has 0 radical (unpaired) electrons. The lowest BCUT2D eigenvalue weighted by Crippen LogP contribution is -2.29. The lowest BCUT2D eigenvalue weighted by atomic mass is 9.95. The molecule has 2 heterocycles. The van der Waals surface area contributed by atoms with Crippen molar-refractivity contribution in [1.82, 2.24) is 15.1 Å². The number of nitrogens with one attached hydrogen (secondary N) is 1. The number of carbonyl (C=O) groups is 1. The summed E-state index contributed by atoms with van der Waals surface area (Å²) in [5.41, 5.74) is 5.52. The first-order chi connectivity index (χ1) is 15.8. The van der Waals surface area contributed by atoms with Gasteiger partial charge in [0.15, 0.2) is 0 Å². The molecule has 4 aromatic rings. The van der Waals surface area contributed by atoms with Crippen LogP contribution >= 0.6 is 11.6 Å². The number of amides is 1. The van der Waals surface area contributed by atoms with Gasteiger partial charge in [-0.2, -0.15) is 5.10 Å². The van der Waals surface area contributed by atoms with Gasteiger partial charge in [0.25, 0.3) is 5.91 Å². The van der Waals surface area contributed by atoms with E-state index in [0.717, 1.165) is 22.3 Å². The van der Waals surface area contributed by atoms with Crippen LogP contribution in [0.3, 0.4) is 0 Å². The van der Waals surface area contributed by atoms with Gasteiger partial charge in [-0.05, 0) is 54.8 Å². The highest BCUT2D eigenvalue weighted by molar-refractivity contribution is 6.31. The minimum atomic E-state index is -0.505. The van der Waals surface area contributed by atoms with Crippen molar-refractivity contribution in [2.45, 2.75) is 26.4 Å². The van der Waals surface area contributed by atoms with Gasteiger partial charge in [-0.15, -0.1) is 0 Å². The van der Waals surface area contributed by atoms with Gasteiger partial charge in [0.1, 0.15) is 22.9 Å². The van der Waals surface area contributed by atoms with E-state index in [9.17, 15) is 15.0 Å². The van der Waals surface area contributed by atoms with Gasteiger partial charge in [-0.3, -0.25) is 9.89 Å². The number of rotatable bonds is 4. The smallest absolute Gasteiger partial charge is 0.273 e. The molecule has 7 heteroatoms. The van der Waals surface area contributed by atoms with Crippen molar-refractivity contribution in [1.29, 1.82) is 0 Å². The van der Waals surface area contributed by atoms with E-state index in [2.05, 4.69) is 10.2 Å². The number of aromatic amines is 1. The second-order valence-corrected chi connectivity index (χ2v) is 8.80. The van der Waals surface area contributed by atoms with Crippen molar-refractivity contribution in [2.24, 2.45) is 0 Å². The molecule has 33 heavy (non-hydrogen) atoms. The van der Waals surface area contributed by atoms with Crippen LogP contribution in [0.5, 0.6) is 11.5 Å². The highest BCUT2D eigenvalue weighted by Gasteiger charge is 2.42. The Kier molecular flexibility index (Phi) is 5.10. The lowest BCUT2D eigenvalue weighted by molar-refractivity contribution is 0.0730. The third kappa shape index (κ3) is 3.62. The summed E-state index contributed by atoms with van der Waals surface area (Å²) in [6.45, 7) is 4.20. The van der Waals surface area contributed by atoms with Crippen LogP contribution in [-0.4, -0.2) is 31.2 Å². The van der Waals surface area contributed by atoms with Crippen molar-refractivity contribution in [3.8, 4) is 22.8 Å². The largest absolute Gasteiger partial charge is 0.508 e. The Morgan fingerprint density at radius 3 is 2.55 bits per heavy atom. The number of halogens is 1. The number of benzene rings is 3. The molecule has 0 bridgehead atoms. The number of aromatic nitrogens is 2. The van der Waals surface area contributed by atoms with Crippen LogP contribution in [-0.2, 0) is 6.54 Å². The van der Waals surface area contributed by atoms with Gasteiger partial charge in [0.05, 0.1) is 6.04 Å². The Morgan fingerprint density at radius 2 is 1.82 bits per heavy atom. The number of nitrogens with zero attached hydrogens (tertiary/aromatic N) is 2. The molecule has 1 aliphatic rings. The molecule has 5 rings (SSSR count). The first-order valence-corrected chi connectivity index (χ1v) is 10.9. The zero-order valence-corrected chi connectivity index (χ0v) is 18.9. The summed E-state index contributed by atoms with van der Waals surface area (Å²) < 4.78 is 0. The fraction of sp³-hybridized carbons (Fsp3) is 0.154. The third-order valence-corrected chi connectivity index (χ3v) is 6.46. The number of aromatic hydroxyl groups is 2. The van der Waals surface area contributed by atoms with Gasteiger partial charge in [0, 0.05) is 22.7 Å². The van der Waals surface area contributed by atoms with E-state index in [4.69, 9.17) is 11.6 Å². The highest BCUT2D eigenvalue weighted by Crippen LogP contribution is 2.46. The molecule has 0 spiro atoms. The summed E-state index contributed by atoms with van der Waals surface area (Å²) in [6, 6.07) is 17.6. The number of fused-ring (bicyclic) bond motifs is 1. The van der Waals surface area contributed by atoms with Gasteiger partial charge in [-0.25, -0.2) is 0 Å². The van der Waals surface area contributed by atoms with E-state index >= 15 is 0 Å². The maximum absolute atomic E-state index is 13.5. The normalized spacial score (nSPS) is 15.2. The molecule has 0 fully saturated rings. The summed E-state index contributed by atoms with van der Waals surface area (Å²) in [5.74, 6) is -0.0596. The minimum Gasteiger partial charge on any atom is -0.508 e. The van der Waals surface area contributed by atoms with Crippen LogP contribution < -0.4 is 0 Å². The maximum Gasteiger partial charge on any atom is 0.273 e. The maximum atomic E-state index is 13.5. The molecule has 3 N–H and O–H groups in total. The van der Waals surface area contributed by atoms with Crippen LogP contribution in [0, 0.1) is 13.8 Å². The minimum absolute atomic E-state index is 0.0327. The second kappa shape index (κ2) is 7.98. The van der Waals surface area contributed by atoms with Crippen LogP contribution in [0.15, 0.2) is 60.7 Å². The molecule has 6 nitrogen and oxygen atoms in total. The number of hydrogen-bond donors (Lipinski definition) is 3. The summed E-state index contributed by atoms with van der Waals surface area (Å²) in [4.78, 5) is 15.2. The number of phenols is 2. The predicted octanol–water partition coefficient (Wildman–Crippen LogP) is 5.50. The SMILES string of the molecule is Cc1ccc(CN2C(=O)c3[nH]nc(-c4cc(Cl)c(C)cc4O)c3[C@@H]2c2cccc(O)c2)cc1. The Morgan fingerprint density at radius 1 is 1.06 bits per heavy atom. The zero-order valence-electron chi connectivity index (χ0n) is 18.1. The van der Waals surface area contributed by atoms with Gasteiger partial charge >= 0.3 is 0 Å². The number of aryl methyl sites for hydroxylation is 2. The van der Waals surface area contributed by atoms with Crippen LogP contribution in [0.2, 0.25) is 5.02 Å². The van der Waals surface area contributed by atoms with E-state index in [-0.39, 0.29) is 17.4 Å². The Bertz CT molecular complexity index is 1380.